The van der Waals surface area contributed by atoms with Crippen LogP contribution >= 0.6 is 0 Å². The molecule has 6 heteroatoms. The number of allylic oxidation sites excluding steroid dienone is 1. The molecule has 1 saturated heterocycles. The fourth-order valence-electron chi connectivity index (χ4n) is 3.70. The van der Waals surface area contributed by atoms with Crippen LogP contribution in [0.3, 0.4) is 0 Å². The van der Waals surface area contributed by atoms with Crippen LogP contribution in [0.2, 0.25) is 19.6 Å². The van der Waals surface area contributed by atoms with Crippen molar-refractivity contribution in [1.82, 2.24) is 4.31 Å². The lowest BCUT2D eigenvalue weighted by molar-refractivity contribution is 0.471. The first kappa shape index (κ1) is 22.2. The molecule has 0 spiro atoms. The average molecular weight is 437 g/mol. The minimum atomic E-state index is -3.62. The molecule has 30 heavy (non-hydrogen) atoms. The first-order valence-corrected chi connectivity index (χ1v) is 15.0. The van der Waals surface area contributed by atoms with Crippen molar-refractivity contribution in [2.45, 2.75) is 31.5 Å². The number of benzene rings is 2. The molecule has 2 aromatic rings. The first-order chi connectivity index (χ1) is 14.1. The molecule has 1 fully saturated rings. The zero-order valence-electron chi connectivity index (χ0n) is 18.0. The van der Waals surface area contributed by atoms with E-state index in [9.17, 15) is 13.7 Å². The Morgan fingerprint density at radius 2 is 1.73 bits per heavy atom. The molecular formula is C24H28N2O2SSi. The minimum Gasteiger partial charge on any atom is -0.207 e. The number of aryl methyl sites for hydroxylation is 1. The van der Waals surface area contributed by atoms with Crippen molar-refractivity contribution in [3.63, 3.8) is 0 Å². The molecule has 0 radical (unpaired) electrons. The van der Waals surface area contributed by atoms with E-state index in [4.69, 9.17) is 0 Å². The molecule has 2 aromatic carbocycles. The summed E-state index contributed by atoms with van der Waals surface area (Å²) in [5, 5.41) is 10.7. The second kappa shape index (κ2) is 8.72. The lowest BCUT2D eigenvalue weighted by Crippen LogP contribution is -2.29. The van der Waals surface area contributed by atoms with E-state index >= 15 is 0 Å². The highest BCUT2D eigenvalue weighted by Crippen LogP contribution is 2.34. The van der Waals surface area contributed by atoms with Gasteiger partial charge in [0.25, 0.3) is 0 Å². The molecule has 1 heterocycles. The van der Waals surface area contributed by atoms with Gasteiger partial charge in [0.15, 0.2) is 0 Å². The molecule has 0 N–H and O–H groups in total. The third-order valence-corrected chi connectivity index (χ3v) is 9.12. The van der Waals surface area contributed by atoms with E-state index in [-0.39, 0.29) is 12.5 Å². The molecule has 1 atom stereocenters. The summed E-state index contributed by atoms with van der Waals surface area (Å²) in [6.07, 6.45) is 4.07. The van der Waals surface area contributed by atoms with Crippen LogP contribution in [-0.4, -0.2) is 33.9 Å². The summed E-state index contributed by atoms with van der Waals surface area (Å²) in [7, 11) is -5.53. The maximum absolute atomic E-state index is 13.3. The van der Waals surface area contributed by atoms with Crippen molar-refractivity contribution < 1.29 is 8.42 Å². The summed E-state index contributed by atoms with van der Waals surface area (Å²) in [5.74, 6) is -0.105. The van der Waals surface area contributed by atoms with Crippen molar-refractivity contribution in [2.75, 3.05) is 13.1 Å². The van der Waals surface area contributed by atoms with E-state index in [2.05, 4.69) is 25.7 Å². The van der Waals surface area contributed by atoms with Gasteiger partial charge in [0.1, 0.15) is 0 Å². The summed E-state index contributed by atoms with van der Waals surface area (Å²) >= 11 is 0. The Kier molecular flexibility index (Phi) is 6.46. The lowest BCUT2D eigenvalue weighted by atomic mass is 10.0. The minimum absolute atomic E-state index is 0.105. The second-order valence-electron chi connectivity index (χ2n) is 8.75. The molecule has 156 valence electrons. The molecule has 0 saturated carbocycles. The quantitative estimate of drug-likeness (QED) is 0.488. The van der Waals surface area contributed by atoms with Gasteiger partial charge in [-0.25, -0.2) is 8.42 Å². The third kappa shape index (κ3) is 4.81. The molecule has 1 aliphatic rings. The molecule has 3 rings (SSSR count). The standard InChI is InChI=1S/C24H28N2O2SSi/c1-19-10-14-22(15-11-19)29(27,28)26-17-21(13-12-20-8-6-5-7-9-20)23(18-26)24(16-25)30(2,3)4/h5-15,21H,17-18H2,1-4H3/b13-12+,24-23+. The van der Waals surface area contributed by atoms with Crippen molar-refractivity contribution in [1.29, 1.82) is 5.26 Å². The van der Waals surface area contributed by atoms with Gasteiger partial charge in [0.05, 0.1) is 19.0 Å². The molecule has 4 nitrogen and oxygen atoms in total. The number of nitriles is 1. The highest BCUT2D eigenvalue weighted by molar-refractivity contribution is 7.89. The molecule has 1 unspecified atom stereocenters. The second-order valence-corrected chi connectivity index (χ2v) is 15.7. The third-order valence-electron chi connectivity index (χ3n) is 5.36. The SMILES string of the molecule is Cc1ccc(S(=O)(=O)N2C/C(=C(/C#N)[Si](C)(C)C)C(/C=C/c3ccccc3)C2)cc1. The van der Waals surface area contributed by atoms with Gasteiger partial charge in [-0.3, -0.25) is 0 Å². The highest BCUT2D eigenvalue weighted by atomic mass is 32.2. The topological polar surface area (TPSA) is 61.2 Å². The van der Waals surface area contributed by atoms with E-state index in [1.807, 2.05) is 61.5 Å². The van der Waals surface area contributed by atoms with Gasteiger partial charge in [0.2, 0.25) is 10.0 Å². The lowest BCUT2D eigenvalue weighted by Gasteiger charge is -2.19. The molecule has 1 aliphatic heterocycles. The van der Waals surface area contributed by atoms with Crippen LogP contribution in [0.15, 0.2) is 76.3 Å². The Hall–Kier alpha value is -2.46. The fraction of sp³-hybridized carbons (Fsp3) is 0.292. The predicted octanol–water partition coefficient (Wildman–Crippen LogP) is 5.03. The van der Waals surface area contributed by atoms with Crippen molar-refractivity contribution in [3.05, 3.63) is 82.6 Å². The Labute approximate surface area is 181 Å². The van der Waals surface area contributed by atoms with Crippen LogP contribution in [0.5, 0.6) is 0 Å². The summed E-state index contributed by atoms with van der Waals surface area (Å²) in [6, 6.07) is 19.3. The first-order valence-electron chi connectivity index (χ1n) is 10.1. The Bertz CT molecular complexity index is 1110. The van der Waals surface area contributed by atoms with Gasteiger partial charge in [0, 0.05) is 24.2 Å². The van der Waals surface area contributed by atoms with Crippen LogP contribution < -0.4 is 0 Å². The van der Waals surface area contributed by atoms with Crippen LogP contribution in [0.4, 0.5) is 0 Å². The normalized spacial score (nSPS) is 19.8. The van der Waals surface area contributed by atoms with Gasteiger partial charge in [-0.05, 0) is 30.2 Å². The summed E-state index contributed by atoms with van der Waals surface area (Å²) in [4.78, 5) is 0.298. The van der Waals surface area contributed by atoms with Crippen LogP contribution in [0.25, 0.3) is 6.08 Å². The zero-order valence-corrected chi connectivity index (χ0v) is 19.8. The van der Waals surface area contributed by atoms with E-state index in [1.54, 1.807) is 12.1 Å². The van der Waals surface area contributed by atoms with E-state index in [1.165, 1.54) is 4.31 Å². The number of sulfonamides is 1. The van der Waals surface area contributed by atoms with Crippen LogP contribution in [0, 0.1) is 24.2 Å². The number of hydrogen-bond donors (Lipinski definition) is 0. The van der Waals surface area contributed by atoms with Crippen LogP contribution in [-0.2, 0) is 10.0 Å². The van der Waals surface area contributed by atoms with E-state index < -0.39 is 18.1 Å². The summed E-state index contributed by atoms with van der Waals surface area (Å²) < 4.78 is 28.1. The van der Waals surface area contributed by atoms with E-state index in [0.29, 0.717) is 11.4 Å². The monoisotopic (exact) mass is 436 g/mol. The van der Waals surface area contributed by atoms with Gasteiger partial charge in [-0.1, -0.05) is 79.8 Å². The van der Waals surface area contributed by atoms with Gasteiger partial charge in [-0.15, -0.1) is 0 Å². The molecule has 0 aromatic heterocycles. The maximum Gasteiger partial charge on any atom is 0.243 e. The number of rotatable bonds is 5. The largest absolute Gasteiger partial charge is 0.243 e. The van der Waals surface area contributed by atoms with Crippen molar-refractivity contribution >= 4 is 24.2 Å². The molecule has 0 aliphatic carbocycles. The Morgan fingerprint density at radius 3 is 2.30 bits per heavy atom. The predicted molar refractivity (Wildman–Crippen MR) is 125 cm³/mol. The molecular weight excluding hydrogens is 408 g/mol. The van der Waals surface area contributed by atoms with E-state index in [0.717, 1.165) is 21.9 Å². The maximum atomic E-state index is 13.3. The molecule has 0 amide bonds. The van der Waals surface area contributed by atoms with Crippen LogP contribution in [0.1, 0.15) is 11.1 Å². The van der Waals surface area contributed by atoms with Gasteiger partial charge < -0.3 is 0 Å². The fourth-order valence-corrected chi connectivity index (χ4v) is 6.71. The van der Waals surface area contributed by atoms with Crippen molar-refractivity contribution in [3.8, 4) is 6.07 Å². The highest BCUT2D eigenvalue weighted by Gasteiger charge is 2.38. The van der Waals surface area contributed by atoms with Gasteiger partial charge in [-0.2, -0.15) is 9.57 Å². The Morgan fingerprint density at radius 1 is 1.10 bits per heavy atom. The Balaban J connectivity index is 2.02. The molecule has 0 bridgehead atoms. The van der Waals surface area contributed by atoms with Crippen molar-refractivity contribution in [2.24, 2.45) is 5.92 Å². The zero-order chi connectivity index (χ0) is 21.9. The average Bonchev–Trinajstić information content (AvgIpc) is 3.11. The summed E-state index contributed by atoms with van der Waals surface area (Å²) in [5.41, 5.74) is 3.02. The smallest absolute Gasteiger partial charge is 0.207 e. The number of hydrogen-bond acceptors (Lipinski definition) is 3. The summed E-state index contributed by atoms with van der Waals surface area (Å²) in [6.45, 7) is 8.96. The van der Waals surface area contributed by atoms with Gasteiger partial charge >= 0.3 is 0 Å². The number of nitrogens with zero attached hydrogens (tertiary/aromatic N) is 2.